The molecule has 1 aliphatic heterocycles. The van der Waals surface area contributed by atoms with Crippen LogP contribution in [0.1, 0.15) is 32.3 Å². The lowest BCUT2D eigenvalue weighted by atomic mass is 9.98. The normalized spacial score (nSPS) is 23.1. The maximum Gasteiger partial charge on any atom is 0.230 e. The van der Waals surface area contributed by atoms with Crippen LogP contribution in [0.4, 0.5) is 0 Å². The third-order valence-electron chi connectivity index (χ3n) is 3.73. The lowest BCUT2D eigenvalue weighted by Gasteiger charge is -2.31. The molecule has 1 aliphatic rings. The highest BCUT2D eigenvalue weighted by atomic mass is 32.2. The highest BCUT2D eigenvalue weighted by Crippen LogP contribution is 2.14. The van der Waals surface area contributed by atoms with Gasteiger partial charge in [0, 0.05) is 25.6 Å². The predicted molar refractivity (Wildman–Crippen MR) is 100 cm³/mol. The Morgan fingerprint density at radius 1 is 1.29 bits per heavy atom. The third-order valence-corrected chi connectivity index (χ3v) is 4.72. The van der Waals surface area contributed by atoms with Gasteiger partial charge in [-0.3, -0.25) is 4.79 Å². The maximum atomic E-state index is 11.7. The smallest absolute Gasteiger partial charge is 0.230 e. The van der Waals surface area contributed by atoms with Crippen LogP contribution >= 0.6 is 11.8 Å². The van der Waals surface area contributed by atoms with E-state index >= 15 is 0 Å². The van der Waals surface area contributed by atoms with Crippen LogP contribution < -0.4 is 10.6 Å². The molecule has 0 spiro atoms. The van der Waals surface area contributed by atoms with E-state index in [0.29, 0.717) is 25.3 Å². The first-order valence-electron chi connectivity index (χ1n) is 8.63. The van der Waals surface area contributed by atoms with Crippen LogP contribution in [-0.4, -0.2) is 52.4 Å². The number of amides is 1. The Labute approximate surface area is 149 Å². The fourth-order valence-electron chi connectivity index (χ4n) is 2.47. The number of aliphatic hydroxyl groups is 2. The second-order valence-corrected chi connectivity index (χ2v) is 6.68. The van der Waals surface area contributed by atoms with Crippen molar-refractivity contribution >= 4 is 17.7 Å². The molecule has 24 heavy (non-hydrogen) atoms. The number of benzene rings is 1. The number of hydrogen-bond acceptors (Lipinski definition) is 5. The zero-order valence-corrected chi connectivity index (χ0v) is 15.4. The summed E-state index contributed by atoms with van der Waals surface area (Å²) < 4.78 is 0. The van der Waals surface area contributed by atoms with E-state index in [1.54, 1.807) is 11.8 Å². The van der Waals surface area contributed by atoms with Crippen molar-refractivity contribution in [2.45, 2.75) is 51.5 Å². The highest BCUT2D eigenvalue weighted by molar-refractivity contribution is 7.99. The molecular weight excluding hydrogens is 324 g/mol. The van der Waals surface area contributed by atoms with Crippen molar-refractivity contribution in [2.75, 3.05) is 18.1 Å². The first-order valence-corrected chi connectivity index (χ1v) is 9.78. The number of piperidine rings is 1. The van der Waals surface area contributed by atoms with Crippen molar-refractivity contribution in [2.24, 2.45) is 0 Å². The van der Waals surface area contributed by atoms with Crippen molar-refractivity contribution in [1.29, 1.82) is 0 Å². The molecule has 1 saturated heterocycles. The lowest BCUT2D eigenvalue weighted by Crippen LogP contribution is -2.50. The molecule has 2 rings (SSSR count). The molecule has 1 fully saturated rings. The van der Waals surface area contributed by atoms with Crippen LogP contribution in [0.5, 0.6) is 0 Å². The Bertz CT molecular complexity index is 459. The summed E-state index contributed by atoms with van der Waals surface area (Å²) in [7, 11) is 0. The number of thioether (sulfide) groups is 1. The van der Waals surface area contributed by atoms with E-state index < -0.39 is 12.2 Å². The van der Waals surface area contributed by atoms with E-state index in [1.165, 1.54) is 0 Å². The van der Waals surface area contributed by atoms with E-state index in [2.05, 4.69) is 10.6 Å². The number of nitrogens with one attached hydrogen (secondary N) is 2. The Balaban J connectivity index is 0.00000139. The Morgan fingerprint density at radius 2 is 2.00 bits per heavy atom. The van der Waals surface area contributed by atoms with Gasteiger partial charge in [0.05, 0.1) is 18.0 Å². The van der Waals surface area contributed by atoms with Crippen LogP contribution in [-0.2, 0) is 11.3 Å². The van der Waals surface area contributed by atoms with Gasteiger partial charge < -0.3 is 20.8 Å². The van der Waals surface area contributed by atoms with Crippen molar-refractivity contribution in [3.63, 3.8) is 0 Å². The zero-order chi connectivity index (χ0) is 17.8. The topological polar surface area (TPSA) is 81.6 Å². The summed E-state index contributed by atoms with van der Waals surface area (Å²) in [6, 6.07) is 9.85. The molecule has 1 heterocycles. The molecule has 1 aromatic rings. The summed E-state index contributed by atoms with van der Waals surface area (Å²) in [4.78, 5) is 11.7. The minimum Gasteiger partial charge on any atom is -0.392 e. The Morgan fingerprint density at radius 3 is 2.67 bits per heavy atom. The molecule has 0 saturated carbocycles. The van der Waals surface area contributed by atoms with Crippen molar-refractivity contribution in [1.82, 2.24) is 10.6 Å². The summed E-state index contributed by atoms with van der Waals surface area (Å²) in [5.41, 5.74) is 1.09. The standard InChI is InChI=1S/C16H24N2O3S.C2H6/c19-13-8-15(20)14(17-10-13)6-7-22-11-16(21)18-9-12-4-2-1-3-5-12;1-2/h1-5,13-15,17,19-20H,6-11H2,(H,18,21);1-2H3. The van der Waals surface area contributed by atoms with Gasteiger partial charge in [-0.05, 0) is 17.7 Å². The molecule has 5 nitrogen and oxygen atoms in total. The van der Waals surface area contributed by atoms with Crippen molar-refractivity contribution in [3.05, 3.63) is 35.9 Å². The molecule has 3 atom stereocenters. The minimum atomic E-state index is -0.503. The Kier molecular flexibility index (Phi) is 10.7. The molecule has 1 amide bonds. The summed E-state index contributed by atoms with van der Waals surface area (Å²) in [6.45, 7) is 5.09. The Hall–Kier alpha value is -1.08. The summed E-state index contributed by atoms with van der Waals surface area (Å²) >= 11 is 1.57. The molecule has 0 aromatic heterocycles. The number of hydrogen-bond donors (Lipinski definition) is 4. The quantitative estimate of drug-likeness (QED) is 0.559. The molecule has 0 bridgehead atoms. The third kappa shape index (κ3) is 8.15. The average Bonchev–Trinajstić information content (AvgIpc) is 2.61. The molecule has 3 unspecified atom stereocenters. The van der Waals surface area contributed by atoms with Crippen molar-refractivity contribution in [3.8, 4) is 0 Å². The van der Waals surface area contributed by atoms with Gasteiger partial charge >= 0.3 is 0 Å². The van der Waals surface area contributed by atoms with Crippen LogP contribution in [0.3, 0.4) is 0 Å². The fourth-order valence-corrected chi connectivity index (χ4v) is 3.32. The molecule has 0 aliphatic carbocycles. The highest BCUT2D eigenvalue weighted by Gasteiger charge is 2.26. The molecule has 1 aromatic carbocycles. The average molecular weight is 355 g/mol. The van der Waals surface area contributed by atoms with Crippen molar-refractivity contribution < 1.29 is 15.0 Å². The largest absolute Gasteiger partial charge is 0.392 e. The minimum absolute atomic E-state index is 0.0169. The molecule has 4 N–H and O–H groups in total. The van der Waals surface area contributed by atoms with E-state index in [-0.39, 0.29) is 11.9 Å². The molecule has 0 radical (unpaired) electrons. The monoisotopic (exact) mass is 354 g/mol. The first-order chi connectivity index (χ1) is 11.6. The molecular formula is C18H30N2O3S. The van der Waals surface area contributed by atoms with Gasteiger partial charge in [-0.25, -0.2) is 0 Å². The number of rotatable bonds is 7. The van der Waals surface area contributed by atoms with E-state index in [4.69, 9.17) is 0 Å². The lowest BCUT2D eigenvalue weighted by molar-refractivity contribution is -0.118. The van der Waals surface area contributed by atoms with E-state index in [9.17, 15) is 15.0 Å². The summed E-state index contributed by atoms with van der Waals surface area (Å²) in [6.07, 6.45) is 0.267. The van der Waals surface area contributed by atoms with Crippen LogP contribution in [0, 0.1) is 0 Å². The first kappa shape index (κ1) is 21.0. The van der Waals surface area contributed by atoms with Gasteiger partial charge in [-0.1, -0.05) is 44.2 Å². The van der Waals surface area contributed by atoms with Crippen LogP contribution in [0.25, 0.3) is 0 Å². The van der Waals surface area contributed by atoms with Gasteiger partial charge in [-0.15, -0.1) is 0 Å². The van der Waals surface area contributed by atoms with Crippen LogP contribution in [0.2, 0.25) is 0 Å². The van der Waals surface area contributed by atoms with Gasteiger partial charge in [0.15, 0.2) is 0 Å². The summed E-state index contributed by atoms with van der Waals surface area (Å²) in [5.74, 6) is 1.27. The van der Waals surface area contributed by atoms with Crippen LogP contribution in [0.15, 0.2) is 30.3 Å². The number of carbonyl (C=O) groups excluding carboxylic acids is 1. The number of aliphatic hydroxyl groups excluding tert-OH is 2. The predicted octanol–water partition coefficient (Wildman–Crippen LogP) is 1.54. The number of carbonyl (C=O) groups is 1. The molecule has 6 heteroatoms. The zero-order valence-electron chi connectivity index (χ0n) is 14.6. The second-order valence-electron chi connectivity index (χ2n) is 5.58. The van der Waals surface area contributed by atoms with E-state index in [0.717, 1.165) is 17.7 Å². The second kappa shape index (κ2) is 12.3. The van der Waals surface area contributed by atoms with E-state index in [1.807, 2.05) is 44.2 Å². The SMILES string of the molecule is CC.O=C(CSCCC1NCC(O)CC1O)NCc1ccccc1. The summed E-state index contributed by atoms with van der Waals surface area (Å²) in [5, 5.41) is 25.3. The van der Waals surface area contributed by atoms with Gasteiger partial charge in [0.2, 0.25) is 5.91 Å². The fraction of sp³-hybridized carbons (Fsp3) is 0.611. The maximum absolute atomic E-state index is 11.7. The number of β-amino-alcohol motifs (C(OH)–C–C–N with tert-alkyl or cyclic N) is 1. The van der Waals surface area contributed by atoms with Gasteiger partial charge in [0.25, 0.3) is 0 Å². The van der Waals surface area contributed by atoms with Gasteiger partial charge in [-0.2, -0.15) is 11.8 Å². The van der Waals surface area contributed by atoms with Gasteiger partial charge in [0.1, 0.15) is 0 Å². The molecule has 136 valence electrons.